The molecule has 1 saturated heterocycles. The summed E-state index contributed by atoms with van der Waals surface area (Å²) in [5.41, 5.74) is 0.0491. The van der Waals surface area contributed by atoms with Crippen LogP contribution >= 0.6 is 0 Å². The van der Waals surface area contributed by atoms with Crippen LogP contribution in [0, 0.1) is 0 Å². The molecule has 0 bridgehead atoms. The van der Waals surface area contributed by atoms with Gasteiger partial charge in [0.15, 0.2) is 11.7 Å². The van der Waals surface area contributed by atoms with E-state index in [9.17, 15) is 9.59 Å². The SMILES string of the molecule is CCOC(=O)[C@H](C)OC(=O)C1(Cc2ccccc2)CO1. The Morgan fingerprint density at radius 2 is 2.00 bits per heavy atom. The molecule has 0 N–H and O–H groups in total. The number of hydrogen-bond acceptors (Lipinski definition) is 5. The van der Waals surface area contributed by atoms with Crippen LogP contribution in [0.25, 0.3) is 0 Å². The second kappa shape index (κ2) is 6.05. The van der Waals surface area contributed by atoms with Crippen molar-refractivity contribution in [3.63, 3.8) is 0 Å². The standard InChI is InChI=1S/C15H18O5/c1-3-18-13(16)11(2)20-14(17)15(10-19-15)9-12-7-5-4-6-8-12/h4-8,11H,3,9-10H2,1-2H3/t11-,15?/m0/s1. The van der Waals surface area contributed by atoms with Crippen LogP contribution in [0.3, 0.4) is 0 Å². The third-order valence-electron chi connectivity index (χ3n) is 3.10. The quantitative estimate of drug-likeness (QED) is 0.582. The molecule has 0 saturated carbocycles. The highest BCUT2D eigenvalue weighted by molar-refractivity contribution is 5.86. The molecule has 108 valence electrons. The average molecular weight is 278 g/mol. The second-order valence-electron chi connectivity index (χ2n) is 4.74. The Balaban J connectivity index is 1.93. The Labute approximate surface area is 117 Å². The summed E-state index contributed by atoms with van der Waals surface area (Å²) in [6, 6.07) is 9.55. The van der Waals surface area contributed by atoms with Gasteiger partial charge in [-0.15, -0.1) is 0 Å². The molecule has 2 rings (SSSR count). The average Bonchev–Trinajstić information content (AvgIpc) is 3.21. The first-order valence-electron chi connectivity index (χ1n) is 6.63. The van der Waals surface area contributed by atoms with Crippen LogP contribution in [0.1, 0.15) is 19.4 Å². The number of epoxide rings is 1. The van der Waals surface area contributed by atoms with E-state index >= 15 is 0 Å². The fourth-order valence-electron chi connectivity index (χ4n) is 1.88. The Hall–Kier alpha value is -1.88. The maximum Gasteiger partial charge on any atom is 0.347 e. The number of hydrogen-bond donors (Lipinski definition) is 0. The van der Waals surface area contributed by atoms with Crippen LogP contribution in [0.15, 0.2) is 30.3 Å². The largest absolute Gasteiger partial charge is 0.463 e. The summed E-state index contributed by atoms with van der Waals surface area (Å²) in [4.78, 5) is 23.5. The highest BCUT2D eigenvalue weighted by Gasteiger charge is 2.54. The van der Waals surface area contributed by atoms with Crippen molar-refractivity contribution >= 4 is 11.9 Å². The molecule has 1 aliphatic heterocycles. The Bertz CT molecular complexity index is 478. The number of carbonyl (C=O) groups is 2. The summed E-state index contributed by atoms with van der Waals surface area (Å²) in [6.07, 6.45) is -0.471. The van der Waals surface area contributed by atoms with Gasteiger partial charge < -0.3 is 14.2 Å². The van der Waals surface area contributed by atoms with Crippen LogP contribution < -0.4 is 0 Å². The smallest absolute Gasteiger partial charge is 0.347 e. The number of rotatable bonds is 6. The van der Waals surface area contributed by atoms with Crippen molar-refractivity contribution in [2.45, 2.75) is 32.0 Å². The molecule has 0 aliphatic carbocycles. The summed E-state index contributed by atoms with van der Waals surface area (Å²) in [5, 5.41) is 0. The van der Waals surface area contributed by atoms with Crippen molar-refractivity contribution in [3.05, 3.63) is 35.9 Å². The second-order valence-corrected chi connectivity index (χ2v) is 4.74. The van der Waals surface area contributed by atoms with E-state index in [0.29, 0.717) is 13.0 Å². The molecule has 0 amide bonds. The van der Waals surface area contributed by atoms with E-state index in [4.69, 9.17) is 14.2 Å². The van der Waals surface area contributed by atoms with Gasteiger partial charge in [-0.1, -0.05) is 30.3 Å². The van der Waals surface area contributed by atoms with E-state index in [1.165, 1.54) is 6.92 Å². The lowest BCUT2D eigenvalue weighted by molar-refractivity contribution is -0.169. The van der Waals surface area contributed by atoms with Gasteiger partial charge in [0.05, 0.1) is 13.2 Å². The van der Waals surface area contributed by atoms with Crippen LogP contribution in [0.2, 0.25) is 0 Å². The van der Waals surface area contributed by atoms with E-state index in [2.05, 4.69) is 0 Å². The molecule has 1 aromatic carbocycles. The van der Waals surface area contributed by atoms with Gasteiger partial charge >= 0.3 is 11.9 Å². The van der Waals surface area contributed by atoms with E-state index in [0.717, 1.165) is 5.56 Å². The molecular formula is C15H18O5. The first kappa shape index (κ1) is 14.5. The number of esters is 2. The zero-order chi connectivity index (χ0) is 14.6. The minimum atomic E-state index is -0.942. The molecule has 5 heteroatoms. The molecule has 5 nitrogen and oxygen atoms in total. The molecule has 1 fully saturated rings. The third-order valence-corrected chi connectivity index (χ3v) is 3.10. The third kappa shape index (κ3) is 3.36. The van der Waals surface area contributed by atoms with Crippen molar-refractivity contribution in [3.8, 4) is 0 Å². The Morgan fingerprint density at radius 3 is 2.55 bits per heavy atom. The van der Waals surface area contributed by atoms with E-state index in [1.807, 2.05) is 30.3 Å². The molecule has 1 aromatic rings. The molecule has 0 aromatic heterocycles. The number of carbonyl (C=O) groups excluding carboxylic acids is 2. The summed E-state index contributed by atoms with van der Waals surface area (Å²) in [7, 11) is 0. The predicted molar refractivity (Wildman–Crippen MR) is 71.0 cm³/mol. The highest BCUT2D eigenvalue weighted by atomic mass is 16.7. The molecule has 20 heavy (non-hydrogen) atoms. The first-order valence-corrected chi connectivity index (χ1v) is 6.63. The molecule has 1 aliphatic rings. The minimum Gasteiger partial charge on any atom is -0.463 e. The van der Waals surface area contributed by atoms with E-state index in [-0.39, 0.29) is 6.61 Å². The van der Waals surface area contributed by atoms with Crippen LogP contribution in [0.5, 0.6) is 0 Å². The highest BCUT2D eigenvalue weighted by Crippen LogP contribution is 2.33. The van der Waals surface area contributed by atoms with Gasteiger partial charge in [-0.05, 0) is 19.4 Å². The summed E-state index contributed by atoms with van der Waals surface area (Å²) < 4.78 is 15.2. The van der Waals surface area contributed by atoms with Crippen molar-refractivity contribution in [2.24, 2.45) is 0 Å². The summed E-state index contributed by atoms with van der Waals surface area (Å²) in [6.45, 7) is 3.77. The van der Waals surface area contributed by atoms with Gasteiger partial charge in [-0.2, -0.15) is 0 Å². The van der Waals surface area contributed by atoms with Crippen molar-refractivity contribution < 1.29 is 23.8 Å². The zero-order valence-electron chi connectivity index (χ0n) is 11.6. The molecule has 0 radical (unpaired) electrons. The molecular weight excluding hydrogens is 260 g/mol. The van der Waals surface area contributed by atoms with Gasteiger partial charge in [0, 0.05) is 6.42 Å². The fraction of sp³-hybridized carbons (Fsp3) is 0.467. The van der Waals surface area contributed by atoms with Crippen LogP contribution in [-0.4, -0.2) is 36.9 Å². The molecule has 0 spiro atoms. The maximum absolute atomic E-state index is 12.1. The van der Waals surface area contributed by atoms with Crippen molar-refractivity contribution in [2.75, 3.05) is 13.2 Å². The molecule has 1 heterocycles. The maximum atomic E-state index is 12.1. The van der Waals surface area contributed by atoms with Gasteiger partial charge in [0.2, 0.25) is 0 Å². The van der Waals surface area contributed by atoms with Gasteiger partial charge in [-0.25, -0.2) is 9.59 Å². The topological polar surface area (TPSA) is 65.1 Å². The van der Waals surface area contributed by atoms with Crippen molar-refractivity contribution in [1.29, 1.82) is 0 Å². The van der Waals surface area contributed by atoms with Crippen LogP contribution in [0.4, 0.5) is 0 Å². The zero-order valence-corrected chi connectivity index (χ0v) is 11.6. The predicted octanol–water partition coefficient (Wildman–Crippen LogP) is 1.49. The number of ether oxygens (including phenoxy) is 3. The molecule has 2 atom stereocenters. The van der Waals surface area contributed by atoms with Gasteiger partial charge in [-0.3, -0.25) is 0 Å². The monoisotopic (exact) mass is 278 g/mol. The van der Waals surface area contributed by atoms with E-state index < -0.39 is 23.6 Å². The first-order chi connectivity index (χ1) is 9.57. The van der Waals surface area contributed by atoms with Crippen LogP contribution in [-0.2, 0) is 30.2 Å². The lowest BCUT2D eigenvalue weighted by Gasteiger charge is -2.16. The molecule has 1 unspecified atom stereocenters. The van der Waals surface area contributed by atoms with Gasteiger partial charge in [0.25, 0.3) is 0 Å². The fourth-order valence-corrected chi connectivity index (χ4v) is 1.88. The summed E-state index contributed by atoms with van der Waals surface area (Å²) in [5.74, 6) is -1.06. The minimum absolute atomic E-state index is 0.256. The van der Waals surface area contributed by atoms with E-state index in [1.54, 1.807) is 6.92 Å². The normalized spacial score (nSPS) is 21.9. The van der Waals surface area contributed by atoms with Gasteiger partial charge in [0.1, 0.15) is 0 Å². The number of benzene rings is 1. The Morgan fingerprint density at radius 1 is 1.35 bits per heavy atom. The lowest BCUT2D eigenvalue weighted by atomic mass is 10.0. The summed E-state index contributed by atoms with van der Waals surface area (Å²) >= 11 is 0. The lowest BCUT2D eigenvalue weighted by Crippen LogP contribution is -2.35. The Kier molecular flexibility index (Phi) is 4.39. The van der Waals surface area contributed by atoms with Crippen molar-refractivity contribution in [1.82, 2.24) is 0 Å².